The minimum absolute atomic E-state index is 0.00732. The van der Waals surface area contributed by atoms with Crippen LogP contribution >= 0.6 is 0 Å². The van der Waals surface area contributed by atoms with E-state index in [2.05, 4.69) is 51.5 Å². The van der Waals surface area contributed by atoms with Crippen molar-refractivity contribution in [3.05, 3.63) is 25.3 Å². The minimum atomic E-state index is -0.682. The second-order valence-corrected chi connectivity index (χ2v) is 11.8. The van der Waals surface area contributed by atoms with Crippen LogP contribution in [0, 0.1) is 17.3 Å². The summed E-state index contributed by atoms with van der Waals surface area (Å²) in [6, 6.07) is 0. The number of ether oxygens (including phenoxy) is 2. The van der Waals surface area contributed by atoms with Crippen LogP contribution in [0.4, 0.5) is 0 Å². The molecule has 39 heavy (non-hydrogen) atoms. The first-order valence-electron chi connectivity index (χ1n) is 15.9. The highest BCUT2D eigenvalue weighted by molar-refractivity contribution is 5.86. The molecular formula is C33H64N2O4. The maximum atomic E-state index is 11.5. The van der Waals surface area contributed by atoms with Gasteiger partial charge in [-0.15, -0.1) is 0 Å². The lowest BCUT2D eigenvalue weighted by Gasteiger charge is -2.35. The van der Waals surface area contributed by atoms with E-state index in [1.165, 1.54) is 89.2 Å². The van der Waals surface area contributed by atoms with Gasteiger partial charge in [0.2, 0.25) is 5.91 Å². The van der Waals surface area contributed by atoms with Crippen molar-refractivity contribution in [2.24, 2.45) is 17.3 Å². The van der Waals surface area contributed by atoms with Gasteiger partial charge >= 0.3 is 0 Å². The second-order valence-electron chi connectivity index (χ2n) is 11.8. The van der Waals surface area contributed by atoms with E-state index < -0.39 is 6.23 Å². The van der Waals surface area contributed by atoms with E-state index in [4.69, 9.17) is 9.47 Å². The molecule has 3 atom stereocenters. The first kappa shape index (κ1) is 37.8. The molecule has 0 fully saturated rings. The average molecular weight is 553 g/mol. The third-order valence-corrected chi connectivity index (χ3v) is 7.45. The van der Waals surface area contributed by atoms with Crippen LogP contribution < -0.4 is 10.6 Å². The lowest BCUT2D eigenvalue weighted by Crippen LogP contribution is -2.36. The molecule has 3 unspecified atom stereocenters. The minimum Gasteiger partial charge on any atom is -0.380 e. The Balaban J connectivity index is 5.16. The van der Waals surface area contributed by atoms with Crippen LogP contribution in [-0.4, -0.2) is 56.8 Å². The van der Waals surface area contributed by atoms with E-state index >= 15 is 0 Å². The quantitative estimate of drug-likeness (QED) is 0.0396. The highest BCUT2D eigenvalue weighted by atomic mass is 16.5. The maximum absolute atomic E-state index is 11.5. The molecule has 0 bridgehead atoms. The van der Waals surface area contributed by atoms with Gasteiger partial charge in [-0.05, 0) is 36.8 Å². The first-order chi connectivity index (χ1) is 18.8. The number of rotatable bonds is 29. The van der Waals surface area contributed by atoms with E-state index in [1.807, 2.05) is 0 Å². The maximum Gasteiger partial charge on any atom is 0.243 e. The van der Waals surface area contributed by atoms with Crippen molar-refractivity contribution >= 4 is 5.91 Å². The van der Waals surface area contributed by atoms with Gasteiger partial charge in [-0.1, -0.05) is 118 Å². The van der Waals surface area contributed by atoms with Gasteiger partial charge in [-0.3, -0.25) is 10.1 Å². The molecule has 0 aliphatic carbocycles. The van der Waals surface area contributed by atoms with E-state index in [0.29, 0.717) is 39.5 Å². The third kappa shape index (κ3) is 22.2. The number of nitrogens with one attached hydrogen (secondary N) is 2. The molecule has 0 heterocycles. The Labute approximate surface area is 241 Å². The molecule has 1 amide bonds. The van der Waals surface area contributed by atoms with Gasteiger partial charge in [0.1, 0.15) is 6.23 Å². The van der Waals surface area contributed by atoms with E-state index in [9.17, 15) is 9.90 Å². The van der Waals surface area contributed by atoms with Crippen molar-refractivity contribution in [1.29, 1.82) is 0 Å². The fourth-order valence-corrected chi connectivity index (χ4v) is 4.84. The monoisotopic (exact) mass is 552 g/mol. The number of hydrogen-bond donors (Lipinski definition) is 3. The van der Waals surface area contributed by atoms with Gasteiger partial charge < -0.3 is 19.9 Å². The van der Waals surface area contributed by atoms with Crippen LogP contribution in [0.25, 0.3) is 0 Å². The average Bonchev–Trinajstić information content (AvgIpc) is 2.93. The highest BCUT2D eigenvalue weighted by Gasteiger charge is 2.31. The molecule has 6 heteroatoms. The number of unbranched alkanes of at least 4 members (excludes halogenated alkanes) is 10. The number of hydrogen-bond acceptors (Lipinski definition) is 5. The summed E-state index contributed by atoms with van der Waals surface area (Å²) < 4.78 is 12.7. The van der Waals surface area contributed by atoms with Crippen LogP contribution in [0.2, 0.25) is 0 Å². The summed E-state index contributed by atoms with van der Waals surface area (Å²) in [5.41, 5.74) is 0.00732. The van der Waals surface area contributed by atoms with E-state index in [0.717, 1.165) is 12.8 Å². The smallest absolute Gasteiger partial charge is 0.243 e. The predicted octanol–water partition coefficient (Wildman–Crippen LogP) is 7.18. The third-order valence-electron chi connectivity index (χ3n) is 7.45. The normalized spacial score (nSPS) is 14.1. The standard InChI is InChI=1S/C33H64N2O4/c1-7-11-13-15-17-19-21-33(22-20-18-16-14-12-8-2,27-38-25-29(5)23-34-31(36)9-3)28-39-26-30(6)24-35-32(37)10-4/h9-10,29-31,34,36H,3-4,7-8,11-28H2,1-2,5-6H3,(H,35,37). The topological polar surface area (TPSA) is 79.8 Å². The molecule has 6 nitrogen and oxygen atoms in total. The SMILES string of the molecule is C=CC(=O)NCC(C)COCC(CCCCCCCC)(CCCCCCCC)COCC(C)CNC(O)C=C. The molecule has 0 aromatic rings. The van der Waals surface area contributed by atoms with Crippen LogP contribution in [0.1, 0.15) is 118 Å². The van der Waals surface area contributed by atoms with Gasteiger partial charge in [-0.2, -0.15) is 0 Å². The molecule has 0 saturated heterocycles. The molecule has 0 spiro atoms. The molecule has 0 saturated carbocycles. The lowest BCUT2D eigenvalue weighted by atomic mass is 9.79. The van der Waals surface area contributed by atoms with Gasteiger partial charge in [0.25, 0.3) is 0 Å². The number of aliphatic hydroxyl groups excluding tert-OH is 1. The zero-order chi connectivity index (χ0) is 29.2. The molecule has 0 aromatic carbocycles. The Morgan fingerprint density at radius 1 is 0.795 bits per heavy atom. The van der Waals surface area contributed by atoms with Crippen molar-refractivity contribution in [3.8, 4) is 0 Å². The summed E-state index contributed by atoms with van der Waals surface area (Å²) in [6.07, 6.45) is 19.8. The number of carbonyl (C=O) groups is 1. The lowest BCUT2D eigenvalue weighted by molar-refractivity contribution is -0.116. The van der Waals surface area contributed by atoms with Gasteiger partial charge in [-0.25, -0.2) is 0 Å². The number of aliphatic hydroxyl groups is 1. The zero-order valence-electron chi connectivity index (χ0n) is 26.1. The Kier molecular flexibility index (Phi) is 24.9. The summed E-state index contributed by atoms with van der Waals surface area (Å²) in [6.45, 7) is 19.8. The van der Waals surface area contributed by atoms with Gasteiger partial charge in [0.15, 0.2) is 0 Å². The molecule has 0 radical (unpaired) electrons. The van der Waals surface area contributed by atoms with Crippen molar-refractivity contribution in [3.63, 3.8) is 0 Å². The Bertz CT molecular complexity index is 582. The number of amides is 1. The molecule has 230 valence electrons. The Morgan fingerprint density at radius 3 is 1.72 bits per heavy atom. The van der Waals surface area contributed by atoms with E-state index in [-0.39, 0.29) is 23.2 Å². The second kappa shape index (κ2) is 25.7. The summed E-state index contributed by atoms with van der Waals surface area (Å²) in [5.74, 6) is 0.382. The van der Waals surface area contributed by atoms with E-state index in [1.54, 1.807) is 0 Å². The predicted molar refractivity (Wildman–Crippen MR) is 166 cm³/mol. The van der Waals surface area contributed by atoms with Crippen LogP contribution in [-0.2, 0) is 14.3 Å². The summed E-state index contributed by atoms with van der Waals surface area (Å²) in [7, 11) is 0. The molecule has 3 N–H and O–H groups in total. The first-order valence-corrected chi connectivity index (χ1v) is 15.9. The Hall–Kier alpha value is -1.21. The van der Waals surface area contributed by atoms with Crippen molar-refractivity contribution in [1.82, 2.24) is 10.6 Å². The summed E-state index contributed by atoms with van der Waals surface area (Å²) in [5, 5.41) is 15.7. The van der Waals surface area contributed by atoms with Crippen molar-refractivity contribution in [2.75, 3.05) is 39.5 Å². The number of carbonyl (C=O) groups excluding carboxylic acids is 1. The van der Waals surface area contributed by atoms with Crippen LogP contribution in [0.3, 0.4) is 0 Å². The summed E-state index contributed by atoms with van der Waals surface area (Å²) >= 11 is 0. The zero-order valence-corrected chi connectivity index (χ0v) is 26.1. The molecule has 0 rings (SSSR count). The fraction of sp³-hybridized carbons (Fsp3) is 0.848. The molecule has 0 aromatic heterocycles. The van der Waals surface area contributed by atoms with Crippen LogP contribution in [0.5, 0.6) is 0 Å². The van der Waals surface area contributed by atoms with Crippen molar-refractivity contribution < 1.29 is 19.4 Å². The molecule has 0 aliphatic heterocycles. The van der Waals surface area contributed by atoms with Gasteiger partial charge in [0, 0.05) is 18.5 Å². The Morgan fingerprint density at radius 2 is 1.26 bits per heavy atom. The summed E-state index contributed by atoms with van der Waals surface area (Å²) in [4.78, 5) is 11.5. The highest BCUT2D eigenvalue weighted by Crippen LogP contribution is 2.34. The van der Waals surface area contributed by atoms with Crippen molar-refractivity contribution in [2.45, 2.75) is 124 Å². The molecule has 0 aliphatic rings. The largest absolute Gasteiger partial charge is 0.380 e. The van der Waals surface area contributed by atoms with Crippen LogP contribution in [0.15, 0.2) is 25.3 Å². The molecular weight excluding hydrogens is 488 g/mol. The van der Waals surface area contributed by atoms with Gasteiger partial charge in [0.05, 0.1) is 26.4 Å². The fourth-order valence-electron chi connectivity index (χ4n) is 4.84.